The second-order valence-electron chi connectivity index (χ2n) is 5.35. The Morgan fingerprint density at radius 1 is 1.13 bits per heavy atom. The van der Waals surface area contributed by atoms with Gasteiger partial charge in [0.1, 0.15) is 12.4 Å². The fourth-order valence-corrected chi connectivity index (χ4v) is 2.32. The van der Waals surface area contributed by atoms with Gasteiger partial charge < -0.3 is 5.32 Å². The van der Waals surface area contributed by atoms with Crippen LogP contribution >= 0.6 is 0 Å². The van der Waals surface area contributed by atoms with Gasteiger partial charge >= 0.3 is 0 Å². The van der Waals surface area contributed by atoms with E-state index in [9.17, 15) is 4.79 Å². The zero-order chi connectivity index (χ0) is 16.1. The SMILES string of the molecule is Cc1ccc(NC(=O)[C@H](Cc2ccccc2)n2cnnn2)cc1. The number of rotatable bonds is 5. The lowest BCUT2D eigenvalue weighted by Crippen LogP contribution is -2.28. The number of tetrazole rings is 1. The number of nitrogens with one attached hydrogen (secondary N) is 1. The topological polar surface area (TPSA) is 72.7 Å². The lowest BCUT2D eigenvalue weighted by Gasteiger charge is -2.16. The highest BCUT2D eigenvalue weighted by atomic mass is 16.2. The summed E-state index contributed by atoms with van der Waals surface area (Å²) in [6.45, 7) is 2.00. The summed E-state index contributed by atoms with van der Waals surface area (Å²) in [5.41, 5.74) is 2.95. The summed E-state index contributed by atoms with van der Waals surface area (Å²) in [5.74, 6) is -0.148. The van der Waals surface area contributed by atoms with E-state index in [0.29, 0.717) is 6.42 Å². The third-order valence-corrected chi connectivity index (χ3v) is 3.58. The molecule has 0 spiro atoms. The van der Waals surface area contributed by atoms with Gasteiger partial charge in [-0.05, 0) is 35.0 Å². The van der Waals surface area contributed by atoms with Crippen molar-refractivity contribution in [2.75, 3.05) is 5.32 Å². The largest absolute Gasteiger partial charge is 0.324 e. The molecule has 3 aromatic rings. The maximum atomic E-state index is 12.7. The fraction of sp³-hybridized carbons (Fsp3) is 0.176. The summed E-state index contributed by atoms with van der Waals surface area (Å²) < 4.78 is 1.48. The van der Waals surface area contributed by atoms with Crippen LogP contribution in [-0.4, -0.2) is 26.1 Å². The monoisotopic (exact) mass is 307 g/mol. The Balaban J connectivity index is 1.80. The molecule has 6 heteroatoms. The van der Waals surface area contributed by atoms with E-state index >= 15 is 0 Å². The standard InChI is InChI=1S/C17H17N5O/c1-13-7-9-15(10-8-13)19-17(23)16(22-12-18-20-21-22)11-14-5-3-2-4-6-14/h2-10,12,16H,11H2,1H3,(H,19,23)/t16-/m0/s1. The molecule has 2 aromatic carbocycles. The molecule has 116 valence electrons. The summed E-state index contributed by atoms with van der Waals surface area (Å²) in [6.07, 6.45) is 1.98. The van der Waals surface area contributed by atoms with Gasteiger partial charge in [-0.25, -0.2) is 4.68 Å². The number of hydrogen-bond acceptors (Lipinski definition) is 4. The molecule has 0 aliphatic heterocycles. The summed E-state index contributed by atoms with van der Waals surface area (Å²) in [6, 6.07) is 17.0. The highest BCUT2D eigenvalue weighted by Crippen LogP contribution is 2.16. The maximum absolute atomic E-state index is 12.7. The third-order valence-electron chi connectivity index (χ3n) is 3.58. The predicted molar refractivity (Wildman–Crippen MR) is 86.8 cm³/mol. The number of amides is 1. The zero-order valence-corrected chi connectivity index (χ0v) is 12.8. The van der Waals surface area contributed by atoms with Crippen molar-refractivity contribution in [1.29, 1.82) is 0 Å². The van der Waals surface area contributed by atoms with Crippen LogP contribution in [0.2, 0.25) is 0 Å². The van der Waals surface area contributed by atoms with E-state index in [1.807, 2.05) is 61.5 Å². The van der Waals surface area contributed by atoms with Crippen molar-refractivity contribution >= 4 is 11.6 Å². The van der Waals surface area contributed by atoms with Gasteiger partial charge in [0.2, 0.25) is 5.91 Å². The molecular weight excluding hydrogens is 290 g/mol. The maximum Gasteiger partial charge on any atom is 0.249 e. The van der Waals surface area contributed by atoms with Crippen LogP contribution in [0, 0.1) is 6.92 Å². The van der Waals surface area contributed by atoms with E-state index in [1.54, 1.807) is 0 Å². The molecule has 1 atom stereocenters. The quantitative estimate of drug-likeness (QED) is 0.785. The molecular formula is C17H17N5O. The molecule has 0 radical (unpaired) electrons. The predicted octanol–water partition coefficient (Wildman–Crippen LogP) is 2.40. The molecule has 1 heterocycles. The minimum Gasteiger partial charge on any atom is -0.324 e. The fourth-order valence-electron chi connectivity index (χ4n) is 2.32. The minimum atomic E-state index is -0.506. The van der Waals surface area contributed by atoms with Gasteiger partial charge in [-0.3, -0.25) is 4.79 Å². The Bertz CT molecular complexity index is 753. The van der Waals surface area contributed by atoms with E-state index < -0.39 is 6.04 Å². The summed E-state index contributed by atoms with van der Waals surface area (Å²) in [5, 5.41) is 14.1. The number of anilines is 1. The molecule has 23 heavy (non-hydrogen) atoms. The van der Waals surface area contributed by atoms with Gasteiger partial charge in [-0.1, -0.05) is 48.0 Å². The van der Waals surface area contributed by atoms with Gasteiger partial charge in [0.15, 0.2) is 0 Å². The smallest absolute Gasteiger partial charge is 0.249 e. The van der Waals surface area contributed by atoms with Crippen LogP contribution in [0.4, 0.5) is 5.69 Å². The average molecular weight is 307 g/mol. The normalized spacial score (nSPS) is 11.9. The second kappa shape index (κ2) is 6.83. The molecule has 0 unspecified atom stereocenters. The zero-order valence-electron chi connectivity index (χ0n) is 12.8. The first-order valence-electron chi connectivity index (χ1n) is 7.36. The van der Waals surface area contributed by atoms with E-state index in [-0.39, 0.29) is 5.91 Å². The van der Waals surface area contributed by atoms with Crippen molar-refractivity contribution in [3.63, 3.8) is 0 Å². The second-order valence-corrected chi connectivity index (χ2v) is 5.35. The van der Waals surface area contributed by atoms with Gasteiger partial charge in [-0.2, -0.15) is 0 Å². The Labute approximate surface area is 134 Å². The van der Waals surface area contributed by atoms with E-state index in [2.05, 4.69) is 20.8 Å². The summed E-state index contributed by atoms with van der Waals surface area (Å²) in [4.78, 5) is 12.7. The number of carbonyl (C=O) groups excluding carboxylic acids is 1. The lowest BCUT2D eigenvalue weighted by molar-refractivity contribution is -0.119. The van der Waals surface area contributed by atoms with E-state index in [1.165, 1.54) is 11.0 Å². The van der Waals surface area contributed by atoms with Crippen LogP contribution in [-0.2, 0) is 11.2 Å². The van der Waals surface area contributed by atoms with Crippen molar-refractivity contribution in [3.05, 3.63) is 72.1 Å². The molecule has 0 saturated heterocycles. The molecule has 1 N–H and O–H groups in total. The van der Waals surface area contributed by atoms with Crippen LogP contribution in [0.1, 0.15) is 17.2 Å². The Hall–Kier alpha value is -3.02. The highest BCUT2D eigenvalue weighted by Gasteiger charge is 2.22. The minimum absolute atomic E-state index is 0.148. The number of hydrogen-bond donors (Lipinski definition) is 1. The third kappa shape index (κ3) is 3.79. The molecule has 1 amide bonds. The molecule has 0 bridgehead atoms. The Kier molecular flexibility index (Phi) is 4.42. The van der Waals surface area contributed by atoms with Crippen molar-refractivity contribution in [3.8, 4) is 0 Å². The van der Waals surface area contributed by atoms with Gasteiger partial charge in [0, 0.05) is 12.1 Å². The average Bonchev–Trinajstić information content (AvgIpc) is 3.10. The Morgan fingerprint density at radius 2 is 1.87 bits per heavy atom. The summed E-state index contributed by atoms with van der Waals surface area (Å²) in [7, 11) is 0. The molecule has 3 rings (SSSR count). The number of benzene rings is 2. The van der Waals surface area contributed by atoms with Gasteiger partial charge in [0.25, 0.3) is 0 Å². The van der Waals surface area contributed by atoms with Gasteiger partial charge in [-0.15, -0.1) is 5.10 Å². The molecule has 0 aliphatic rings. The van der Waals surface area contributed by atoms with Crippen molar-refractivity contribution in [2.24, 2.45) is 0 Å². The van der Waals surface area contributed by atoms with Crippen LogP contribution < -0.4 is 5.32 Å². The van der Waals surface area contributed by atoms with E-state index in [0.717, 1.165) is 16.8 Å². The van der Waals surface area contributed by atoms with Crippen LogP contribution in [0.5, 0.6) is 0 Å². The number of aromatic nitrogens is 4. The molecule has 6 nitrogen and oxygen atoms in total. The van der Waals surface area contributed by atoms with Crippen LogP contribution in [0.3, 0.4) is 0 Å². The summed E-state index contributed by atoms with van der Waals surface area (Å²) >= 11 is 0. The van der Waals surface area contributed by atoms with Crippen molar-refractivity contribution in [2.45, 2.75) is 19.4 Å². The molecule has 0 fully saturated rings. The number of aryl methyl sites for hydroxylation is 1. The molecule has 0 aliphatic carbocycles. The first-order valence-corrected chi connectivity index (χ1v) is 7.36. The molecule has 1 aromatic heterocycles. The highest BCUT2D eigenvalue weighted by molar-refractivity contribution is 5.93. The van der Waals surface area contributed by atoms with Crippen LogP contribution in [0.15, 0.2) is 60.9 Å². The van der Waals surface area contributed by atoms with Crippen molar-refractivity contribution in [1.82, 2.24) is 20.2 Å². The van der Waals surface area contributed by atoms with Crippen LogP contribution in [0.25, 0.3) is 0 Å². The lowest BCUT2D eigenvalue weighted by atomic mass is 10.1. The molecule has 0 saturated carbocycles. The number of nitrogens with zero attached hydrogens (tertiary/aromatic N) is 4. The van der Waals surface area contributed by atoms with E-state index in [4.69, 9.17) is 0 Å². The first-order chi connectivity index (χ1) is 11.2. The van der Waals surface area contributed by atoms with Crippen molar-refractivity contribution < 1.29 is 4.79 Å². The number of carbonyl (C=O) groups is 1. The Morgan fingerprint density at radius 3 is 2.52 bits per heavy atom. The van der Waals surface area contributed by atoms with Gasteiger partial charge in [0.05, 0.1) is 0 Å². The first kappa shape index (κ1) is 14.9.